The van der Waals surface area contributed by atoms with Gasteiger partial charge in [0.1, 0.15) is 0 Å². The molecule has 0 aromatic carbocycles. The minimum Gasteiger partial charge on any atom is -0.359 e. The fourth-order valence-electron chi connectivity index (χ4n) is 3.42. The minimum atomic E-state index is 0.116. The summed E-state index contributed by atoms with van der Waals surface area (Å²) in [6.07, 6.45) is 6.62. The van der Waals surface area contributed by atoms with E-state index in [9.17, 15) is 10.1 Å². The number of rotatable bonds is 2. The Balaban J connectivity index is 1.99. The van der Waals surface area contributed by atoms with Crippen molar-refractivity contribution >= 4 is 5.91 Å². The molecule has 100 valence electrons. The van der Waals surface area contributed by atoms with Crippen molar-refractivity contribution in [1.29, 1.82) is 5.26 Å². The van der Waals surface area contributed by atoms with E-state index in [0.29, 0.717) is 6.04 Å². The van der Waals surface area contributed by atoms with Crippen molar-refractivity contribution < 1.29 is 4.79 Å². The van der Waals surface area contributed by atoms with Crippen LogP contribution >= 0.6 is 0 Å². The fourth-order valence-corrected chi connectivity index (χ4v) is 3.42. The molecule has 2 fully saturated rings. The van der Waals surface area contributed by atoms with Gasteiger partial charge in [-0.3, -0.25) is 9.69 Å². The number of likely N-dealkylation sites (tertiary alicyclic amines) is 1. The van der Waals surface area contributed by atoms with Crippen molar-refractivity contribution in [2.45, 2.75) is 44.6 Å². The first-order valence-electron chi connectivity index (χ1n) is 7.11. The lowest BCUT2D eigenvalue weighted by molar-refractivity contribution is -0.126. The molecule has 1 saturated carbocycles. The zero-order chi connectivity index (χ0) is 13.0. The van der Waals surface area contributed by atoms with Gasteiger partial charge in [0.15, 0.2) is 0 Å². The number of amides is 1. The summed E-state index contributed by atoms with van der Waals surface area (Å²) in [6, 6.07) is 2.85. The van der Waals surface area contributed by atoms with Crippen LogP contribution in [0.4, 0.5) is 0 Å². The molecule has 1 aliphatic heterocycles. The molecule has 0 aromatic rings. The maximum atomic E-state index is 11.7. The number of carbonyl (C=O) groups excluding carboxylic acids is 1. The summed E-state index contributed by atoms with van der Waals surface area (Å²) >= 11 is 0. The second-order valence-corrected chi connectivity index (χ2v) is 5.54. The van der Waals surface area contributed by atoms with Crippen molar-refractivity contribution in [3.63, 3.8) is 0 Å². The normalized spacial score (nSPS) is 33.7. The molecule has 0 bridgehead atoms. The molecule has 2 aliphatic rings. The van der Waals surface area contributed by atoms with Gasteiger partial charge in [-0.05, 0) is 32.2 Å². The lowest BCUT2D eigenvalue weighted by Crippen LogP contribution is -2.49. The van der Waals surface area contributed by atoms with Gasteiger partial charge in [0.25, 0.3) is 0 Å². The smallest absolute Gasteiger partial charge is 0.224 e. The monoisotopic (exact) mass is 249 g/mol. The van der Waals surface area contributed by atoms with Gasteiger partial charge in [0.2, 0.25) is 5.91 Å². The Bertz CT molecular complexity index is 336. The summed E-state index contributed by atoms with van der Waals surface area (Å²) in [5.41, 5.74) is 0. The van der Waals surface area contributed by atoms with Crippen LogP contribution in [0.15, 0.2) is 0 Å². The van der Waals surface area contributed by atoms with E-state index >= 15 is 0 Å². The first kappa shape index (κ1) is 13.4. The molecule has 18 heavy (non-hydrogen) atoms. The van der Waals surface area contributed by atoms with Gasteiger partial charge in [-0.25, -0.2) is 0 Å². The van der Waals surface area contributed by atoms with Crippen LogP contribution in [0.3, 0.4) is 0 Å². The van der Waals surface area contributed by atoms with Crippen LogP contribution in [0.1, 0.15) is 38.5 Å². The van der Waals surface area contributed by atoms with E-state index in [0.717, 1.165) is 38.8 Å². The summed E-state index contributed by atoms with van der Waals surface area (Å²) in [5, 5.41) is 12.0. The number of nitrogens with one attached hydrogen (secondary N) is 1. The molecule has 1 heterocycles. The number of piperidine rings is 1. The van der Waals surface area contributed by atoms with Crippen LogP contribution < -0.4 is 5.32 Å². The van der Waals surface area contributed by atoms with Crippen molar-refractivity contribution in [2.24, 2.45) is 11.8 Å². The van der Waals surface area contributed by atoms with Gasteiger partial charge < -0.3 is 5.32 Å². The zero-order valence-electron chi connectivity index (χ0n) is 11.2. The predicted octanol–water partition coefficient (Wildman–Crippen LogP) is 1.53. The first-order chi connectivity index (χ1) is 8.76. The lowest BCUT2D eigenvalue weighted by Gasteiger charge is -2.41. The number of carbonyl (C=O) groups is 1. The standard InChI is InChI=1S/C14H23N3O/c1-16-14(18)12-6-4-8-17(10-12)13-7-3-2-5-11(13)9-15/h11-13H,2-8,10H2,1H3,(H,16,18). The van der Waals surface area contributed by atoms with Gasteiger partial charge >= 0.3 is 0 Å². The number of hydrogen-bond donors (Lipinski definition) is 1. The van der Waals surface area contributed by atoms with E-state index in [1.165, 1.54) is 12.8 Å². The van der Waals surface area contributed by atoms with E-state index in [1.807, 2.05) is 0 Å². The Hall–Kier alpha value is -1.08. The Morgan fingerprint density at radius 3 is 2.78 bits per heavy atom. The number of nitriles is 1. The second-order valence-electron chi connectivity index (χ2n) is 5.54. The van der Waals surface area contributed by atoms with Gasteiger partial charge in [0, 0.05) is 19.6 Å². The third kappa shape index (κ3) is 2.84. The SMILES string of the molecule is CNC(=O)C1CCCN(C2CCCCC2C#N)C1. The number of nitrogens with zero attached hydrogens (tertiary/aromatic N) is 2. The van der Waals surface area contributed by atoms with E-state index in [1.54, 1.807) is 7.05 Å². The molecule has 0 spiro atoms. The molecule has 3 atom stereocenters. The lowest BCUT2D eigenvalue weighted by atomic mass is 9.82. The van der Waals surface area contributed by atoms with E-state index in [-0.39, 0.29) is 17.7 Å². The first-order valence-corrected chi connectivity index (χ1v) is 7.11. The fraction of sp³-hybridized carbons (Fsp3) is 0.857. The highest BCUT2D eigenvalue weighted by atomic mass is 16.1. The molecule has 4 heteroatoms. The summed E-state index contributed by atoms with van der Waals surface area (Å²) in [4.78, 5) is 14.1. The quantitative estimate of drug-likeness (QED) is 0.807. The molecule has 0 aromatic heterocycles. The average Bonchev–Trinajstić information content (AvgIpc) is 2.46. The molecule has 1 amide bonds. The molecule has 0 radical (unpaired) electrons. The highest BCUT2D eigenvalue weighted by Crippen LogP contribution is 2.31. The van der Waals surface area contributed by atoms with Gasteiger partial charge in [0.05, 0.1) is 17.9 Å². The molecule has 4 nitrogen and oxygen atoms in total. The Labute approximate surface area is 109 Å². The molecule has 3 unspecified atom stereocenters. The van der Waals surface area contributed by atoms with Crippen LogP contribution in [0, 0.1) is 23.2 Å². The third-order valence-electron chi connectivity index (χ3n) is 4.43. The van der Waals surface area contributed by atoms with Crippen LogP contribution in [-0.4, -0.2) is 37.0 Å². The zero-order valence-corrected chi connectivity index (χ0v) is 11.2. The predicted molar refractivity (Wildman–Crippen MR) is 69.7 cm³/mol. The van der Waals surface area contributed by atoms with Crippen molar-refractivity contribution in [3.05, 3.63) is 0 Å². The summed E-state index contributed by atoms with van der Waals surface area (Å²) in [7, 11) is 1.71. The van der Waals surface area contributed by atoms with Crippen LogP contribution in [-0.2, 0) is 4.79 Å². The molecular weight excluding hydrogens is 226 g/mol. The van der Waals surface area contributed by atoms with Gasteiger partial charge in [-0.15, -0.1) is 0 Å². The van der Waals surface area contributed by atoms with E-state index in [4.69, 9.17) is 0 Å². The van der Waals surface area contributed by atoms with Crippen molar-refractivity contribution in [3.8, 4) is 6.07 Å². The summed E-state index contributed by atoms with van der Waals surface area (Å²) in [6.45, 7) is 1.89. The van der Waals surface area contributed by atoms with Crippen LogP contribution in [0.5, 0.6) is 0 Å². The maximum absolute atomic E-state index is 11.7. The van der Waals surface area contributed by atoms with Crippen molar-refractivity contribution in [1.82, 2.24) is 10.2 Å². The summed E-state index contributed by atoms with van der Waals surface area (Å²) < 4.78 is 0. The second kappa shape index (κ2) is 6.19. The van der Waals surface area contributed by atoms with Crippen molar-refractivity contribution in [2.75, 3.05) is 20.1 Å². The third-order valence-corrected chi connectivity index (χ3v) is 4.43. The van der Waals surface area contributed by atoms with Crippen LogP contribution in [0.25, 0.3) is 0 Å². The molecule has 1 saturated heterocycles. The van der Waals surface area contributed by atoms with E-state index < -0.39 is 0 Å². The molecular formula is C14H23N3O. The maximum Gasteiger partial charge on any atom is 0.224 e. The van der Waals surface area contributed by atoms with Gasteiger partial charge in [-0.2, -0.15) is 5.26 Å². The van der Waals surface area contributed by atoms with Gasteiger partial charge in [-0.1, -0.05) is 12.8 Å². The topological polar surface area (TPSA) is 56.1 Å². The molecule has 1 aliphatic carbocycles. The van der Waals surface area contributed by atoms with E-state index in [2.05, 4.69) is 16.3 Å². The largest absolute Gasteiger partial charge is 0.359 e. The average molecular weight is 249 g/mol. The Morgan fingerprint density at radius 1 is 1.28 bits per heavy atom. The number of hydrogen-bond acceptors (Lipinski definition) is 3. The molecule has 1 N–H and O–H groups in total. The Morgan fingerprint density at radius 2 is 2.06 bits per heavy atom. The van der Waals surface area contributed by atoms with Crippen LogP contribution in [0.2, 0.25) is 0 Å². The highest BCUT2D eigenvalue weighted by molar-refractivity contribution is 5.78. The minimum absolute atomic E-state index is 0.116. The molecule has 2 rings (SSSR count). The summed E-state index contributed by atoms with van der Waals surface area (Å²) in [5.74, 6) is 0.441. The Kier molecular flexibility index (Phi) is 4.60. The highest BCUT2D eigenvalue weighted by Gasteiger charge is 2.34.